The normalized spacial score (nSPS) is 18.3. The molecule has 2 aliphatic rings. The van der Waals surface area contributed by atoms with E-state index in [1.54, 1.807) is 17.0 Å². The average Bonchev–Trinajstić information content (AvgIpc) is 3.23. The van der Waals surface area contributed by atoms with Crippen molar-refractivity contribution in [3.63, 3.8) is 0 Å². The molecular formula is C22H24ClN3O2S. The van der Waals surface area contributed by atoms with E-state index in [1.165, 1.54) is 30.3 Å². The van der Waals surface area contributed by atoms with E-state index >= 15 is 0 Å². The van der Waals surface area contributed by atoms with Gasteiger partial charge in [-0.05, 0) is 42.7 Å². The number of fused-ring (bicyclic) bond motifs is 1. The first-order chi connectivity index (χ1) is 14.0. The van der Waals surface area contributed by atoms with Crippen LogP contribution >= 0.6 is 23.4 Å². The molecule has 0 radical (unpaired) electrons. The van der Waals surface area contributed by atoms with E-state index in [1.807, 2.05) is 25.2 Å². The molecule has 0 unspecified atom stereocenters. The molecule has 0 aliphatic carbocycles. The summed E-state index contributed by atoms with van der Waals surface area (Å²) >= 11 is 7.42. The minimum atomic E-state index is -0.438. The minimum Gasteiger partial charge on any atom is -0.371 e. The summed E-state index contributed by atoms with van der Waals surface area (Å²) in [5.41, 5.74) is 3.07. The van der Waals surface area contributed by atoms with E-state index in [0.717, 1.165) is 23.5 Å². The highest BCUT2D eigenvalue weighted by atomic mass is 35.5. The maximum atomic E-state index is 12.9. The number of rotatable bonds is 5. The van der Waals surface area contributed by atoms with Crippen LogP contribution in [0, 0.1) is 0 Å². The van der Waals surface area contributed by atoms with Gasteiger partial charge >= 0.3 is 0 Å². The lowest BCUT2D eigenvalue weighted by molar-refractivity contribution is -0.131. The Morgan fingerprint density at radius 2 is 2.00 bits per heavy atom. The first kappa shape index (κ1) is 20.1. The lowest BCUT2D eigenvalue weighted by Crippen LogP contribution is -2.35. The monoisotopic (exact) mass is 429 g/mol. The molecule has 5 nitrogen and oxygen atoms in total. The molecule has 2 heterocycles. The summed E-state index contributed by atoms with van der Waals surface area (Å²) in [6.07, 6.45) is 2.59. The van der Waals surface area contributed by atoms with Gasteiger partial charge in [0, 0.05) is 48.7 Å². The molecule has 1 fully saturated rings. The third kappa shape index (κ3) is 4.54. The second-order valence-electron chi connectivity index (χ2n) is 7.51. The summed E-state index contributed by atoms with van der Waals surface area (Å²) < 4.78 is 0. The highest BCUT2D eigenvalue weighted by molar-refractivity contribution is 8.01. The van der Waals surface area contributed by atoms with Crippen molar-refractivity contribution in [3.05, 3.63) is 53.1 Å². The Kier molecular flexibility index (Phi) is 6.01. The molecular weight excluding hydrogens is 406 g/mol. The zero-order chi connectivity index (χ0) is 20.4. The van der Waals surface area contributed by atoms with Crippen LogP contribution in [-0.4, -0.2) is 42.1 Å². The van der Waals surface area contributed by atoms with Crippen LogP contribution in [-0.2, 0) is 16.1 Å². The van der Waals surface area contributed by atoms with Gasteiger partial charge in [-0.15, -0.1) is 11.8 Å². The van der Waals surface area contributed by atoms with E-state index in [4.69, 9.17) is 11.6 Å². The number of nitrogens with zero attached hydrogens (tertiary/aromatic N) is 2. The number of benzene rings is 2. The van der Waals surface area contributed by atoms with Gasteiger partial charge in [-0.2, -0.15) is 0 Å². The van der Waals surface area contributed by atoms with Gasteiger partial charge < -0.3 is 15.1 Å². The second-order valence-corrected chi connectivity index (χ2v) is 9.19. The van der Waals surface area contributed by atoms with E-state index in [2.05, 4.69) is 22.3 Å². The van der Waals surface area contributed by atoms with Crippen LogP contribution in [0.5, 0.6) is 0 Å². The van der Waals surface area contributed by atoms with E-state index in [9.17, 15) is 9.59 Å². The summed E-state index contributed by atoms with van der Waals surface area (Å²) in [6, 6.07) is 13.7. The predicted octanol–water partition coefficient (Wildman–Crippen LogP) is 4.40. The summed E-state index contributed by atoms with van der Waals surface area (Å²) in [6.45, 7) is 2.67. The van der Waals surface area contributed by atoms with Gasteiger partial charge in [-0.3, -0.25) is 9.59 Å². The number of carbonyl (C=O) groups excluding carboxylic acids is 2. The van der Waals surface area contributed by atoms with Crippen molar-refractivity contribution >= 4 is 46.6 Å². The molecule has 4 rings (SSSR count). The molecule has 1 atom stereocenters. The zero-order valence-corrected chi connectivity index (χ0v) is 17.9. The zero-order valence-electron chi connectivity index (χ0n) is 16.4. The van der Waals surface area contributed by atoms with Gasteiger partial charge in [0.2, 0.25) is 11.8 Å². The molecule has 29 heavy (non-hydrogen) atoms. The lowest BCUT2D eigenvalue weighted by atomic mass is 10.1. The Labute approximate surface area is 180 Å². The van der Waals surface area contributed by atoms with Crippen LogP contribution in [0.2, 0.25) is 5.02 Å². The number of hydrogen-bond donors (Lipinski definition) is 1. The molecule has 0 bridgehead atoms. The van der Waals surface area contributed by atoms with Crippen molar-refractivity contribution in [1.29, 1.82) is 0 Å². The van der Waals surface area contributed by atoms with Crippen LogP contribution < -0.4 is 10.2 Å². The standard InChI is InChI=1S/C22H24ClN3O2S/c1-25(14-15-6-2-3-7-18(15)26-10-4-5-11-26)21(27)13-20-22(28)24-17-12-16(23)8-9-19(17)29-20/h2-3,6-9,12,20H,4-5,10-11,13-14H2,1H3,(H,24,28)/t20-/m1/s1. The Morgan fingerprint density at radius 1 is 1.24 bits per heavy atom. The number of halogens is 1. The fourth-order valence-electron chi connectivity index (χ4n) is 3.83. The van der Waals surface area contributed by atoms with Crippen molar-refractivity contribution < 1.29 is 9.59 Å². The Morgan fingerprint density at radius 3 is 2.79 bits per heavy atom. The largest absolute Gasteiger partial charge is 0.371 e. The summed E-state index contributed by atoms with van der Waals surface area (Å²) in [5.74, 6) is -0.185. The number of nitrogens with one attached hydrogen (secondary N) is 1. The number of hydrogen-bond acceptors (Lipinski definition) is 4. The number of thioether (sulfide) groups is 1. The average molecular weight is 430 g/mol. The molecule has 2 amide bonds. The molecule has 2 aromatic carbocycles. The number of amides is 2. The van der Waals surface area contributed by atoms with Crippen LogP contribution in [0.15, 0.2) is 47.4 Å². The predicted molar refractivity (Wildman–Crippen MR) is 119 cm³/mol. The van der Waals surface area contributed by atoms with Gasteiger partial charge in [0.25, 0.3) is 0 Å². The van der Waals surface area contributed by atoms with Crippen molar-refractivity contribution in [1.82, 2.24) is 4.90 Å². The first-order valence-corrected chi connectivity index (χ1v) is 11.1. The molecule has 152 valence electrons. The molecule has 0 aromatic heterocycles. The maximum absolute atomic E-state index is 12.9. The Balaban J connectivity index is 1.42. The topological polar surface area (TPSA) is 52.6 Å². The van der Waals surface area contributed by atoms with E-state index in [-0.39, 0.29) is 18.2 Å². The van der Waals surface area contributed by atoms with Gasteiger partial charge in [-0.1, -0.05) is 29.8 Å². The van der Waals surface area contributed by atoms with Crippen molar-refractivity contribution in [2.24, 2.45) is 0 Å². The van der Waals surface area contributed by atoms with Gasteiger partial charge in [0.05, 0.1) is 10.9 Å². The third-order valence-corrected chi connectivity index (χ3v) is 6.90. The first-order valence-electron chi connectivity index (χ1n) is 9.85. The summed E-state index contributed by atoms with van der Waals surface area (Å²) in [5, 5.41) is 3.01. The van der Waals surface area contributed by atoms with Crippen molar-refractivity contribution in [2.75, 3.05) is 30.4 Å². The number of para-hydroxylation sites is 1. The molecule has 2 aliphatic heterocycles. The van der Waals surface area contributed by atoms with E-state index < -0.39 is 5.25 Å². The SMILES string of the molecule is CN(Cc1ccccc1N1CCCC1)C(=O)C[C@H]1Sc2ccc(Cl)cc2NC1=O. The highest BCUT2D eigenvalue weighted by Gasteiger charge is 2.30. The summed E-state index contributed by atoms with van der Waals surface area (Å²) in [7, 11) is 1.81. The fraction of sp³-hybridized carbons (Fsp3) is 0.364. The minimum absolute atomic E-state index is 0.0358. The van der Waals surface area contributed by atoms with Crippen LogP contribution in [0.3, 0.4) is 0 Å². The van der Waals surface area contributed by atoms with E-state index in [0.29, 0.717) is 17.3 Å². The third-order valence-electron chi connectivity index (χ3n) is 5.39. The maximum Gasteiger partial charge on any atom is 0.238 e. The Hall–Kier alpha value is -2.18. The molecule has 2 aromatic rings. The molecule has 0 spiro atoms. The van der Waals surface area contributed by atoms with Gasteiger partial charge in [-0.25, -0.2) is 0 Å². The van der Waals surface area contributed by atoms with Crippen molar-refractivity contribution in [3.8, 4) is 0 Å². The molecule has 7 heteroatoms. The van der Waals surface area contributed by atoms with Crippen LogP contribution in [0.1, 0.15) is 24.8 Å². The molecule has 0 saturated carbocycles. The van der Waals surface area contributed by atoms with Gasteiger partial charge in [0.15, 0.2) is 0 Å². The van der Waals surface area contributed by atoms with Crippen molar-refractivity contribution in [2.45, 2.75) is 36.0 Å². The smallest absolute Gasteiger partial charge is 0.238 e. The van der Waals surface area contributed by atoms with Gasteiger partial charge in [0.1, 0.15) is 0 Å². The second kappa shape index (κ2) is 8.67. The Bertz CT molecular complexity index is 930. The quantitative estimate of drug-likeness (QED) is 0.765. The number of anilines is 2. The number of carbonyl (C=O) groups is 2. The molecule has 1 saturated heterocycles. The molecule has 1 N–H and O–H groups in total. The lowest BCUT2D eigenvalue weighted by Gasteiger charge is -2.27. The summed E-state index contributed by atoms with van der Waals surface area (Å²) in [4.78, 5) is 30.4. The van der Waals surface area contributed by atoms with Crippen LogP contribution in [0.4, 0.5) is 11.4 Å². The van der Waals surface area contributed by atoms with Crippen LogP contribution in [0.25, 0.3) is 0 Å². The fourth-order valence-corrected chi connectivity index (χ4v) is 5.08. The highest BCUT2D eigenvalue weighted by Crippen LogP contribution is 2.38.